The predicted octanol–water partition coefficient (Wildman–Crippen LogP) is 7.65. The molecular weight excluding hydrogens is 620 g/mol. The van der Waals surface area contributed by atoms with E-state index < -0.39 is 52.8 Å². The van der Waals surface area contributed by atoms with Gasteiger partial charge >= 0.3 is 12.5 Å². The van der Waals surface area contributed by atoms with Gasteiger partial charge in [-0.2, -0.15) is 23.3 Å². The second-order valence-electron chi connectivity index (χ2n) is 8.88. The molecule has 0 atom stereocenters. The Balaban J connectivity index is 1.31. The Morgan fingerprint density at radius 3 is 2.29 bits per heavy atom. The van der Waals surface area contributed by atoms with E-state index in [1.54, 1.807) is 0 Å². The molecule has 0 aliphatic rings. The van der Waals surface area contributed by atoms with Crippen LogP contribution in [0.25, 0.3) is 5.69 Å². The SMILES string of the molecule is O=C(Nc1ccc(Oc2ccnc(Nc3ccccc3OC(F)(F)F)n2)c(F)c1)c1cnn(-c2ccc(F)cc2)c1C(F)(F)F. The number of ether oxygens (including phenoxy) is 2. The molecule has 0 aliphatic heterocycles. The van der Waals surface area contributed by atoms with Crippen LogP contribution in [0.15, 0.2) is 85.2 Å². The summed E-state index contributed by atoms with van der Waals surface area (Å²) in [7, 11) is 0. The third-order valence-corrected chi connectivity index (χ3v) is 5.75. The molecule has 0 fully saturated rings. The number of nitrogens with zero attached hydrogens (tertiary/aromatic N) is 4. The minimum absolute atomic E-state index is 0.130. The highest BCUT2D eigenvalue weighted by Crippen LogP contribution is 2.35. The van der Waals surface area contributed by atoms with Gasteiger partial charge in [-0.1, -0.05) is 12.1 Å². The molecule has 5 aromatic rings. The Bertz CT molecular complexity index is 1840. The van der Waals surface area contributed by atoms with Crippen molar-refractivity contribution in [2.24, 2.45) is 0 Å². The van der Waals surface area contributed by atoms with Crippen LogP contribution in [0.4, 0.5) is 52.4 Å². The number of nitrogens with one attached hydrogen (secondary N) is 2. The van der Waals surface area contributed by atoms with Crippen molar-refractivity contribution in [2.45, 2.75) is 12.5 Å². The number of aromatic nitrogens is 4. The van der Waals surface area contributed by atoms with Crippen LogP contribution < -0.4 is 20.1 Å². The first-order valence-electron chi connectivity index (χ1n) is 12.4. The second-order valence-corrected chi connectivity index (χ2v) is 8.88. The van der Waals surface area contributed by atoms with Crippen molar-refractivity contribution in [1.82, 2.24) is 19.7 Å². The lowest BCUT2D eigenvalue weighted by Gasteiger charge is -2.14. The molecule has 3 aromatic carbocycles. The van der Waals surface area contributed by atoms with Crippen LogP contribution in [0.3, 0.4) is 0 Å². The van der Waals surface area contributed by atoms with Crippen molar-refractivity contribution < 1.29 is 49.4 Å². The molecule has 1 amide bonds. The van der Waals surface area contributed by atoms with E-state index in [0.29, 0.717) is 10.9 Å². The number of alkyl halides is 6. The van der Waals surface area contributed by atoms with E-state index in [1.807, 2.05) is 0 Å². The van der Waals surface area contributed by atoms with Crippen molar-refractivity contribution in [3.05, 3.63) is 108 Å². The Morgan fingerprint density at radius 1 is 0.867 bits per heavy atom. The number of rotatable bonds is 8. The smallest absolute Gasteiger partial charge is 0.436 e. The van der Waals surface area contributed by atoms with E-state index in [4.69, 9.17) is 4.74 Å². The van der Waals surface area contributed by atoms with Gasteiger partial charge in [0, 0.05) is 24.0 Å². The van der Waals surface area contributed by atoms with E-state index in [2.05, 4.69) is 30.4 Å². The van der Waals surface area contributed by atoms with Gasteiger partial charge in [-0.3, -0.25) is 4.79 Å². The zero-order valence-electron chi connectivity index (χ0n) is 22.1. The summed E-state index contributed by atoms with van der Waals surface area (Å²) in [4.78, 5) is 20.6. The van der Waals surface area contributed by atoms with Gasteiger partial charge in [0.05, 0.1) is 23.1 Å². The van der Waals surface area contributed by atoms with Crippen LogP contribution >= 0.6 is 0 Å². The van der Waals surface area contributed by atoms with Crippen LogP contribution in [0, 0.1) is 11.6 Å². The maximum atomic E-state index is 14.9. The lowest BCUT2D eigenvalue weighted by atomic mass is 10.2. The molecule has 0 unspecified atom stereocenters. The van der Waals surface area contributed by atoms with Crippen LogP contribution in [-0.2, 0) is 6.18 Å². The molecule has 2 aromatic heterocycles. The van der Waals surface area contributed by atoms with Gasteiger partial charge in [0.15, 0.2) is 23.0 Å². The van der Waals surface area contributed by atoms with E-state index >= 15 is 0 Å². The third kappa shape index (κ3) is 7.43. The number of hydrogen-bond donors (Lipinski definition) is 2. The van der Waals surface area contributed by atoms with Gasteiger partial charge < -0.3 is 20.1 Å². The van der Waals surface area contributed by atoms with Crippen molar-refractivity contribution in [3.63, 3.8) is 0 Å². The monoisotopic (exact) mass is 636 g/mol. The number of hydrogen-bond acceptors (Lipinski definition) is 7. The maximum Gasteiger partial charge on any atom is 0.573 e. The molecule has 0 radical (unpaired) electrons. The van der Waals surface area contributed by atoms with E-state index in [-0.39, 0.29) is 28.9 Å². The fourth-order valence-corrected chi connectivity index (χ4v) is 3.90. The molecular formula is C28H16F8N6O3. The largest absolute Gasteiger partial charge is 0.573 e. The fourth-order valence-electron chi connectivity index (χ4n) is 3.90. The molecule has 17 heteroatoms. The number of anilines is 3. The average Bonchev–Trinajstić information content (AvgIpc) is 3.42. The molecule has 0 spiro atoms. The molecule has 0 bridgehead atoms. The minimum atomic E-state index is -5.04. The number of halogens is 8. The van der Waals surface area contributed by atoms with Gasteiger partial charge in [-0.25, -0.2) is 18.4 Å². The summed E-state index contributed by atoms with van der Waals surface area (Å²) in [6.45, 7) is 0. The molecule has 2 heterocycles. The van der Waals surface area contributed by atoms with Crippen molar-refractivity contribution in [1.29, 1.82) is 0 Å². The second kappa shape index (κ2) is 12.1. The zero-order valence-corrected chi connectivity index (χ0v) is 22.1. The topological polar surface area (TPSA) is 103 Å². The van der Waals surface area contributed by atoms with E-state index in [0.717, 1.165) is 48.5 Å². The van der Waals surface area contributed by atoms with Crippen LogP contribution in [0.5, 0.6) is 17.4 Å². The highest BCUT2D eigenvalue weighted by molar-refractivity contribution is 6.05. The summed E-state index contributed by atoms with van der Waals surface area (Å²) >= 11 is 0. The molecule has 2 N–H and O–H groups in total. The third-order valence-electron chi connectivity index (χ3n) is 5.75. The molecule has 45 heavy (non-hydrogen) atoms. The summed E-state index contributed by atoms with van der Waals surface area (Å²) in [5.74, 6) is -4.44. The Labute approximate surface area is 247 Å². The van der Waals surface area contributed by atoms with Gasteiger partial charge in [-0.15, -0.1) is 13.2 Å². The molecule has 232 valence electrons. The summed E-state index contributed by atoms with van der Waals surface area (Å²) in [6, 6.07) is 13.2. The average molecular weight is 636 g/mol. The highest BCUT2D eigenvalue weighted by Gasteiger charge is 2.40. The normalized spacial score (nSPS) is 11.6. The number of carbonyl (C=O) groups excluding carboxylic acids is 1. The molecule has 5 rings (SSSR count). The molecule has 0 saturated heterocycles. The Kier molecular flexibility index (Phi) is 8.26. The molecule has 0 aliphatic carbocycles. The predicted molar refractivity (Wildman–Crippen MR) is 141 cm³/mol. The summed E-state index contributed by atoms with van der Waals surface area (Å²) in [6.07, 6.45) is -8.16. The first-order chi connectivity index (χ1) is 21.3. The highest BCUT2D eigenvalue weighted by atomic mass is 19.4. The Morgan fingerprint density at radius 2 is 1.60 bits per heavy atom. The van der Waals surface area contributed by atoms with Gasteiger partial charge in [-0.05, 0) is 48.5 Å². The van der Waals surface area contributed by atoms with Crippen molar-refractivity contribution in [3.8, 4) is 23.1 Å². The van der Waals surface area contributed by atoms with Crippen molar-refractivity contribution in [2.75, 3.05) is 10.6 Å². The number of benzene rings is 3. The first kappa shape index (κ1) is 30.7. The molecule has 9 nitrogen and oxygen atoms in total. The number of carbonyl (C=O) groups is 1. The summed E-state index contributed by atoms with van der Waals surface area (Å²) in [5, 5.41) is 8.32. The minimum Gasteiger partial charge on any atom is -0.436 e. The quantitative estimate of drug-likeness (QED) is 0.169. The fraction of sp³-hybridized carbons (Fsp3) is 0.0714. The van der Waals surface area contributed by atoms with Gasteiger partial charge in [0.1, 0.15) is 5.82 Å². The van der Waals surface area contributed by atoms with Gasteiger partial charge in [0.25, 0.3) is 5.91 Å². The van der Waals surface area contributed by atoms with E-state index in [1.165, 1.54) is 30.5 Å². The van der Waals surface area contributed by atoms with Crippen LogP contribution in [0.1, 0.15) is 16.1 Å². The maximum absolute atomic E-state index is 14.9. The van der Waals surface area contributed by atoms with Crippen molar-refractivity contribution >= 4 is 23.2 Å². The van der Waals surface area contributed by atoms with Crippen LogP contribution in [-0.4, -0.2) is 32.0 Å². The summed E-state index contributed by atoms with van der Waals surface area (Å²) < 4.78 is 118. The molecule has 0 saturated carbocycles. The summed E-state index contributed by atoms with van der Waals surface area (Å²) in [5.41, 5.74) is -2.84. The van der Waals surface area contributed by atoms with Crippen LogP contribution in [0.2, 0.25) is 0 Å². The zero-order chi connectivity index (χ0) is 32.4. The van der Waals surface area contributed by atoms with Gasteiger partial charge in [0.2, 0.25) is 11.8 Å². The Hall–Kier alpha value is -5.74. The standard InChI is InChI=1S/C28H16F8N6O3/c29-15-5-8-17(9-6-15)42-24(27(31,32)33)18(14-38-42)25(43)39-16-7-10-21(19(30)13-16)44-23-11-12-37-26(41-23)40-20-3-1-2-4-22(20)45-28(34,35)36/h1-14H,(H,39,43)(H,37,40,41). The lowest BCUT2D eigenvalue weighted by Crippen LogP contribution is -2.20. The van der Waals surface area contributed by atoms with E-state index in [9.17, 15) is 39.9 Å². The number of para-hydroxylation sites is 2. The first-order valence-corrected chi connectivity index (χ1v) is 12.4. The number of amides is 1. The lowest BCUT2D eigenvalue weighted by molar-refractivity contribution is -0.274.